The molecule has 3 rings (SSSR count). The van der Waals surface area contributed by atoms with Crippen LogP contribution in [-0.4, -0.2) is 47.8 Å². The number of nitrogens with zero attached hydrogens (tertiary/aromatic N) is 2. The van der Waals surface area contributed by atoms with Crippen molar-refractivity contribution in [1.29, 1.82) is 0 Å². The van der Waals surface area contributed by atoms with E-state index in [4.69, 9.17) is 0 Å². The van der Waals surface area contributed by atoms with E-state index >= 15 is 0 Å². The number of rotatable bonds is 5. The summed E-state index contributed by atoms with van der Waals surface area (Å²) in [5.41, 5.74) is 1.03. The molecule has 0 spiro atoms. The van der Waals surface area contributed by atoms with Gasteiger partial charge in [0.25, 0.3) is 10.0 Å². The number of nitrogens with one attached hydrogen (secondary N) is 1. The zero-order chi connectivity index (χ0) is 14.9. The van der Waals surface area contributed by atoms with Crippen LogP contribution in [0.3, 0.4) is 0 Å². The van der Waals surface area contributed by atoms with E-state index in [9.17, 15) is 8.42 Å². The van der Waals surface area contributed by atoms with E-state index in [1.807, 2.05) is 13.0 Å². The van der Waals surface area contributed by atoms with Gasteiger partial charge in [0.05, 0.1) is 0 Å². The Kier molecular flexibility index (Phi) is 4.54. The Morgan fingerprint density at radius 2 is 2.24 bits per heavy atom. The third-order valence-corrected chi connectivity index (χ3v) is 6.97. The summed E-state index contributed by atoms with van der Waals surface area (Å²) in [4.78, 5) is 4.18. The van der Waals surface area contributed by atoms with E-state index < -0.39 is 10.0 Å². The van der Waals surface area contributed by atoms with Crippen LogP contribution in [0.5, 0.6) is 0 Å². The Hall–Kier alpha value is -0.630. The molecule has 1 aromatic heterocycles. The molecule has 0 amide bonds. The zero-order valence-corrected chi connectivity index (χ0v) is 13.8. The second-order valence-corrected chi connectivity index (χ2v) is 8.69. The smallest absolute Gasteiger partial charge is 0.260 e. The van der Waals surface area contributed by atoms with Gasteiger partial charge in [-0.15, -0.1) is 0 Å². The van der Waals surface area contributed by atoms with Gasteiger partial charge < -0.3 is 5.32 Å². The van der Waals surface area contributed by atoms with Gasteiger partial charge in [-0.1, -0.05) is 6.07 Å². The molecule has 2 heterocycles. The molecule has 21 heavy (non-hydrogen) atoms. The molecule has 1 aliphatic heterocycles. The highest BCUT2D eigenvalue weighted by Gasteiger charge is 2.32. The van der Waals surface area contributed by atoms with E-state index in [1.165, 1.54) is 12.8 Å². The van der Waals surface area contributed by atoms with Gasteiger partial charge in [-0.3, -0.25) is 0 Å². The summed E-state index contributed by atoms with van der Waals surface area (Å²) in [5.74, 6) is 1.70. The van der Waals surface area contributed by atoms with Crippen LogP contribution in [0.25, 0.3) is 0 Å². The Labute approximate surface area is 130 Å². The highest BCUT2D eigenvalue weighted by molar-refractivity contribution is 7.99. The summed E-state index contributed by atoms with van der Waals surface area (Å²) >= 11 is 1.80. The van der Waals surface area contributed by atoms with Crippen molar-refractivity contribution in [2.45, 2.75) is 43.4 Å². The Morgan fingerprint density at radius 3 is 2.86 bits per heavy atom. The molecule has 5 nitrogen and oxygen atoms in total. The minimum absolute atomic E-state index is 0.0340. The van der Waals surface area contributed by atoms with Gasteiger partial charge in [-0.05, 0) is 31.4 Å². The zero-order valence-electron chi connectivity index (χ0n) is 12.2. The Morgan fingerprint density at radius 1 is 1.43 bits per heavy atom. The fraction of sp³-hybridized carbons (Fsp3) is 0.643. The molecule has 1 saturated heterocycles. The minimum atomic E-state index is -3.46. The molecule has 1 N–H and O–H groups in total. The van der Waals surface area contributed by atoms with Crippen molar-refractivity contribution in [1.82, 2.24) is 14.6 Å². The molecular formula is C14H21N3O2S2. The maximum atomic E-state index is 12.6. The fourth-order valence-electron chi connectivity index (χ4n) is 2.41. The lowest BCUT2D eigenvalue weighted by molar-refractivity contribution is 0.366. The van der Waals surface area contributed by atoms with E-state index in [-0.39, 0.29) is 11.1 Å². The molecule has 2 aliphatic rings. The van der Waals surface area contributed by atoms with E-state index in [0.717, 1.165) is 23.6 Å². The summed E-state index contributed by atoms with van der Waals surface area (Å²) in [5, 5.41) is 3.56. The predicted octanol–water partition coefficient (Wildman–Crippen LogP) is 1.46. The lowest BCUT2D eigenvalue weighted by Gasteiger charge is -2.31. The van der Waals surface area contributed by atoms with Crippen molar-refractivity contribution in [3.05, 3.63) is 23.9 Å². The summed E-state index contributed by atoms with van der Waals surface area (Å²) < 4.78 is 26.8. The van der Waals surface area contributed by atoms with Crippen molar-refractivity contribution in [3.63, 3.8) is 0 Å². The number of sulfonamides is 1. The molecule has 2 fully saturated rings. The third kappa shape index (κ3) is 3.59. The lowest BCUT2D eigenvalue weighted by Crippen LogP contribution is -2.44. The molecule has 0 bridgehead atoms. The summed E-state index contributed by atoms with van der Waals surface area (Å²) in [6.07, 6.45) is 4.15. The van der Waals surface area contributed by atoms with Crippen molar-refractivity contribution >= 4 is 21.8 Å². The first-order chi connectivity index (χ1) is 10.1. The third-order valence-electron chi connectivity index (χ3n) is 3.85. The van der Waals surface area contributed by atoms with Gasteiger partial charge in [0, 0.05) is 42.9 Å². The van der Waals surface area contributed by atoms with Crippen molar-refractivity contribution in [2.24, 2.45) is 0 Å². The molecule has 1 atom stereocenters. The number of thioether (sulfide) groups is 1. The normalized spacial score (nSPS) is 24.1. The van der Waals surface area contributed by atoms with Crippen molar-refractivity contribution in [2.75, 3.05) is 18.1 Å². The number of pyridine rings is 1. The van der Waals surface area contributed by atoms with Gasteiger partial charge in [0.15, 0.2) is 5.03 Å². The fourth-order valence-corrected chi connectivity index (χ4v) is 5.18. The van der Waals surface area contributed by atoms with Crippen LogP contribution in [0, 0.1) is 0 Å². The number of aromatic nitrogens is 1. The highest BCUT2D eigenvalue weighted by Crippen LogP contribution is 2.23. The Bertz CT molecular complexity index is 585. The van der Waals surface area contributed by atoms with Crippen LogP contribution in [0.2, 0.25) is 0 Å². The molecule has 1 aliphatic carbocycles. The van der Waals surface area contributed by atoms with E-state index in [0.29, 0.717) is 12.6 Å². The van der Waals surface area contributed by atoms with Crippen LogP contribution in [0.15, 0.2) is 23.4 Å². The lowest BCUT2D eigenvalue weighted by atomic mass is 10.3. The van der Waals surface area contributed by atoms with Crippen molar-refractivity contribution < 1.29 is 8.42 Å². The molecule has 0 radical (unpaired) electrons. The predicted molar refractivity (Wildman–Crippen MR) is 84.8 cm³/mol. The molecule has 7 heteroatoms. The van der Waals surface area contributed by atoms with Crippen LogP contribution in [-0.2, 0) is 16.6 Å². The molecule has 1 aromatic rings. The molecular weight excluding hydrogens is 306 g/mol. The van der Waals surface area contributed by atoms with E-state index in [2.05, 4.69) is 10.3 Å². The number of hydrogen-bond acceptors (Lipinski definition) is 5. The van der Waals surface area contributed by atoms with Crippen LogP contribution in [0.4, 0.5) is 0 Å². The average molecular weight is 327 g/mol. The van der Waals surface area contributed by atoms with Gasteiger partial charge in [0.1, 0.15) is 0 Å². The van der Waals surface area contributed by atoms with Crippen LogP contribution < -0.4 is 5.32 Å². The SMILES string of the molecule is CC1CSCCN1S(=O)(=O)c1ccc(CNC2CC2)cn1. The number of hydrogen-bond donors (Lipinski definition) is 1. The molecule has 1 saturated carbocycles. The molecule has 0 aromatic carbocycles. The second-order valence-electron chi connectivity index (χ2n) is 5.70. The average Bonchev–Trinajstić information content (AvgIpc) is 3.30. The van der Waals surface area contributed by atoms with Crippen molar-refractivity contribution in [3.8, 4) is 0 Å². The largest absolute Gasteiger partial charge is 0.310 e. The van der Waals surface area contributed by atoms with Crippen LogP contribution in [0.1, 0.15) is 25.3 Å². The first-order valence-corrected chi connectivity index (χ1v) is 9.95. The first-order valence-electron chi connectivity index (χ1n) is 7.35. The highest BCUT2D eigenvalue weighted by atomic mass is 32.2. The monoisotopic (exact) mass is 327 g/mol. The maximum Gasteiger partial charge on any atom is 0.260 e. The minimum Gasteiger partial charge on any atom is -0.310 e. The van der Waals surface area contributed by atoms with E-state index in [1.54, 1.807) is 28.3 Å². The first kappa shape index (κ1) is 15.3. The maximum absolute atomic E-state index is 12.6. The van der Waals surface area contributed by atoms with Gasteiger partial charge in [0.2, 0.25) is 0 Å². The topological polar surface area (TPSA) is 62.3 Å². The summed E-state index contributed by atoms with van der Waals surface area (Å²) in [6.45, 7) is 3.28. The molecule has 116 valence electrons. The van der Waals surface area contributed by atoms with Gasteiger partial charge >= 0.3 is 0 Å². The second kappa shape index (κ2) is 6.24. The molecule has 1 unspecified atom stereocenters. The summed E-state index contributed by atoms with van der Waals surface area (Å²) in [6, 6.07) is 4.17. The van der Waals surface area contributed by atoms with Gasteiger partial charge in [-0.2, -0.15) is 16.1 Å². The van der Waals surface area contributed by atoms with Crippen LogP contribution >= 0.6 is 11.8 Å². The van der Waals surface area contributed by atoms with Gasteiger partial charge in [-0.25, -0.2) is 13.4 Å². The quantitative estimate of drug-likeness (QED) is 0.887. The summed E-state index contributed by atoms with van der Waals surface area (Å²) in [7, 11) is -3.46. The standard InChI is InChI=1S/C14H21N3O2S2/c1-11-10-20-7-6-17(11)21(18,19)14-5-2-12(9-16-14)8-15-13-3-4-13/h2,5,9,11,13,15H,3-4,6-8,10H2,1H3. The Balaban J connectivity index is 1.71.